The normalized spacial score (nSPS) is 17.0. The van der Waals surface area contributed by atoms with Crippen molar-refractivity contribution in [3.05, 3.63) is 59.7 Å². The van der Waals surface area contributed by atoms with E-state index in [1.165, 1.54) is 6.42 Å². The summed E-state index contributed by atoms with van der Waals surface area (Å²) in [6.07, 6.45) is 5.34. The molecule has 0 unspecified atom stereocenters. The predicted octanol–water partition coefficient (Wildman–Crippen LogP) is 3.59. The topological polar surface area (TPSA) is 67.9 Å². The number of amides is 2. The lowest BCUT2D eigenvalue weighted by Crippen LogP contribution is -2.47. The predicted molar refractivity (Wildman–Crippen MR) is 118 cm³/mol. The SMILES string of the molecule is COc1ccccc1CC(=O)N1CCC(NC(=O)c2ccccc2OC2CCC2)CC1. The summed E-state index contributed by atoms with van der Waals surface area (Å²) in [7, 11) is 1.62. The van der Waals surface area contributed by atoms with Crippen molar-refractivity contribution in [2.45, 2.75) is 50.7 Å². The number of rotatable bonds is 7. The van der Waals surface area contributed by atoms with Gasteiger partial charge in [-0.1, -0.05) is 30.3 Å². The number of hydrogen-bond donors (Lipinski definition) is 1. The second kappa shape index (κ2) is 9.86. The third-order valence-corrected chi connectivity index (χ3v) is 6.19. The van der Waals surface area contributed by atoms with Gasteiger partial charge in [0.05, 0.1) is 25.2 Å². The first-order valence-corrected chi connectivity index (χ1v) is 11.1. The minimum Gasteiger partial charge on any atom is -0.496 e. The quantitative estimate of drug-likeness (QED) is 0.741. The summed E-state index contributed by atoms with van der Waals surface area (Å²) in [5.41, 5.74) is 1.48. The molecule has 2 aliphatic rings. The van der Waals surface area contributed by atoms with Gasteiger partial charge in [-0.3, -0.25) is 9.59 Å². The molecule has 31 heavy (non-hydrogen) atoms. The number of hydrogen-bond acceptors (Lipinski definition) is 4. The first kappa shape index (κ1) is 21.2. The van der Waals surface area contributed by atoms with Crippen molar-refractivity contribution >= 4 is 11.8 Å². The van der Waals surface area contributed by atoms with E-state index in [0.717, 1.165) is 37.0 Å². The highest BCUT2D eigenvalue weighted by molar-refractivity contribution is 5.97. The average Bonchev–Trinajstić information content (AvgIpc) is 2.77. The Hall–Kier alpha value is -3.02. The molecule has 1 saturated heterocycles. The zero-order chi connectivity index (χ0) is 21.6. The monoisotopic (exact) mass is 422 g/mol. The zero-order valence-electron chi connectivity index (χ0n) is 18.0. The Balaban J connectivity index is 1.29. The van der Waals surface area contributed by atoms with E-state index in [2.05, 4.69) is 5.32 Å². The largest absolute Gasteiger partial charge is 0.496 e. The fourth-order valence-electron chi connectivity index (χ4n) is 4.09. The maximum Gasteiger partial charge on any atom is 0.255 e. The summed E-state index contributed by atoms with van der Waals surface area (Å²) in [5, 5.41) is 3.14. The van der Waals surface area contributed by atoms with E-state index in [-0.39, 0.29) is 24.0 Å². The van der Waals surface area contributed by atoms with Crippen LogP contribution in [0.2, 0.25) is 0 Å². The first-order chi connectivity index (χ1) is 15.1. The van der Waals surface area contributed by atoms with Crippen LogP contribution in [0.15, 0.2) is 48.5 Å². The highest BCUT2D eigenvalue weighted by Crippen LogP contribution is 2.28. The Labute approximate surface area is 183 Å². The van der Waals surface area contributed by atoms with Crippen LogP contribution < -0.4 is 14.8 Å². The number of methoxy groups -OCH3 is 1. The van der Waals surface area contributed by atoms with Crippen LogP contribution in [0.25, 0.3) is 0 Å². The molecular weight excluding hydrogens is 392 g/mol. The first-order valence-electron chi connectivity index (χ1n) is 11.1. The van der Waals surface area contributed by atoms with Crippen molar-refractivity contribution in [2.75, 3.05) is 20.2 Å². The minimum absolute atomic E-state index is 0.0552. The van der Waals surface area contributed by atoms with Gasteiger partial charge in [0.2, 0.25) is 5.91 Å². The van der Waals surface area contributed by atoms with E-state index in [1.54, 1.807) is 7.11 Å². The number of nitrogens with one attached hydrogen (secondary N) is 1. The molecule has 6 heteroatoms. The van der Waals surface area contributed by atoms with Crippen LogP contribution in [0.1, 0.15) is 48.0 Å². The van der Waals surface area contributed by atoms with Crippen LogP contribution in [0.3, 0.4) is 0 Å². The van der Waals surface area contributed by atoms with Crippen molar-refractivity contribution in [1.29, 1.82) is 0 Å². The van der Waals surface area contributed by atoms with Crippen LogP contribution >= 0.6 is 0 Å². The maximum absolute atomic E-state index is 12.9. The Morgan fingerprint density at radius 3 is 2.32 bits per heavy atom. The van der Waals surface area contributed by atoms with Crippen LogP contribution in [0, 0.1) is 0 Å². The highest BCUT2D eigenvalue weighted by atomic mass is 16.5. The number of para-hydroxylation sites is 2. The molecule has 6 nitrogen and oxygen atoms in total. The summed E-state index contributed by atoms with van der Waals surface area (Å²) in [6, 6.07) is 15.1. The van der Waals surface area contributed by atoms with Gasteiger partial charge in [0.1, 0.15) is 11.5 Å². The molecule has 1 aliphatic carbocycles. The van der Waals surface area contributed by atoms with Crippen molar-refractivity contribution in [2.24, 2.45) is 0 Å². The Bertz CT molecular complexity index is 917. The smallest absolute Gasteiger partial charge is 0.255 e. The number of likely N-dealkylation sites (tertiary alicyclic amines) is 1. The van der Waals surface area contributed by atoms with Gasteiger partial charge >= 0.3 is 0 Å². The summed E-state index contributed by atoms with van der Waals surface area (Å²) < 4.78 is 11.3. The van der Waals surface area contributed by atoms with E-state index in [9.17, 15) is 9.59 Å². The van der Waals surface area contributed by atoms with Crippen molar-refractivity contribution in [3.63, 3.8) is 0 Å². The molecule has 1 saturated carbocycles. The minimum atomic E-state index is -0.103. The van der Waals surface area contributed by atoms with Gasteiger partial charge in [0.25, 0.3) is 5.91 Å². The number of nitrogens with zero attached hydrogens (tertiary/aromatic N) is 1. The van der Waals surface area contributed by atoms with Crippen molar-refractivity contribution < 1.29 is 19.1 Å². The molecule has 1 heterocycles. The molecule has 0 aromatic heterocycles. The third-order valence-electron chi connectivity index (χ3n) is 6.19. The maximum atomic E-state index is 12.9. The van der Waals surface area contributed by atoms with Crippen LogP contribution in [-0.4, -0.2) is 49.1 Å². The third kappa shape index (κ3) is 5.19. The second-order valence-electron chi connectivity index (χ2n) is 8.28. The highest BCUT2D eigenvalue weighted by Gasteiger charge is 2.26. The lowest BCUT2D eigenvalue weighted by Gasteiger charge is -2.33. The van der Waals surface area contributed by atoms with Crippen LogP contribution in [0.4, 0.5) is 0 Å². The van der Waals surface area contributed by atoms with E-state index in [4.69, 9.17) is 9.47 Å². The lowest BCUT2D eigenvalue weighted by atomic mass is 9.96. The molecule has 1 N–H and O–H groups in total. The Kier molecular flexibility index (Phi) is 6.75. The molecule has 0 bridgehead atoms. The van der Waals surface area contributed by atoms with E-state index in [1.807, 2.05) is 53.4 Å². The van der Waals surface area contributed by atoms with Gasteiger partial charge in [0, 0.05) is 24.7 Å². The number of carbonyl (C=O) groups excluding carboxylic acids is 2. The number of ether oxygens (including phenoxy) is 2. The molecule has 164 valence electrons. The fraction of sp³-hybridized carbons (Fsp3) is 0.440. The standard InChI is InChI=1S/C25H30N2O4/c1-30-22-11-4-2-7-18(22)17-24(28)27-15-13-19(14-16-27)26-25(29)21-10-3-5-12-23(21)31-20-8-6-9-20/h2-5,7,10-12,19-20H,6,8-9,13-17H2,1H3,(H,26,29). The van der Waals surface area contributed by atoms with Crippen LogP contribution in [0.5, 0.6) is 11.5 Å². The molecule has 2 fully saturated rings. The number of benzene rings is 2. The van der Waals surface area contributed by atoms with E-state index < -0.39 is 0 Å². The molecular formula is C25H30N2O4. The fourth-order valence-corrected chi connectivity index (χ4v) is 4.09. The summed E-state index contributed by atoms with van der Waals surface area (Å²) in [5.74, 6) is 1.39. The van der Waals surface area contributed by atoms with Gasteiger partial charge in [-0.15, -0.1) is 0 Å². The second-order valence-corrected chi connectivity index (χ2v) is 8.28. The summed E-state index contributed by atoms with van der Waals surface area (Å²) in [6.45, 7) is 1.28. The van der Waals surface area contributed by atoms with Crippen LogP contribution in [-0.2, 0) is 11.2 Å². The molecule has 0 spiro atoms. The van der Waals surface area contributed by atoms with E-state index in [0.29, 0.717) is 30.8 Å². The molecule has 2 amide bonds. The molecule has 1 aliphatic heterocycles. The van der Waals surface area contributed by atoms with E-state index >= 15 is 0 Å². The average molecular weight is 423 g/mol. The molecule has 2 aromatic carbocycles. The summed E-state index contributed by atoms with van der Waals surface area (Å²) in [4.78, 5) is 27.5. The van der Waals surface area contributed by atoms with Gasteiger partial charge in [-0.05, 0) is 50.3 Å². The van der Waals surface area contributed by atoms with Crippen molar-refractivity contribution in [1.82, 2.24) is 10.2 Å². The summed E-state index contributed by atoms with van der Waals surface area (Å²) >= 11 is 0. The number of carbonyl (C=O) groups is 2. The van der Waals surface area contributed by atoms with Gasteiger partial charge in [-0.2, -0.15) is 0 Å². The van der Waals surface area contributed by atoms with Gasteiger partial charge < -0.3 is 19.7 Å². The number of piperidine rings is 1. The molecule has 0 radical (unpaired) electrons. The zero-order valence-corrected chi connectivity index (χ0v) is 18.0. The Morgan fingerprint density at radius 2 is 1.65 bits per heavy atom. The lowest BCUT2D eigenvalue weighted by molar-refractivity contribution is -0.131. The molecule has 0 atom stereocenters. The van der Waals surface area contributed by atoms with Crippen molar-refractivity contribution in [3.8, 4) is 11.5 Å². The molecule has 2 aromatic rings. The molecule has 4 rings (SSSR count). The van der Waals surface area contributed by atoms with Gasteiger partial charge in [0.15, 0.2) is 0 Å². The van der Waals surface area contributed by atoms with Gasteiger partial charge in [-0.25, -0.2) is 0 Å². The Morgan fingerprint density at radius 1 is 0.968 bits per heavy atom.